The second-order valence-corrected chi connectivity index (χ2v) is 9.91. The third-order valence-electron chi connectivity index (χ3n) is 5.58. The molecule has 1 unspecified atom stereocenters. The van der Waals surface area contributed by atoms with Crippen LogP contribution in [0.15, 0.2) is 54.8 Å². The number of carbonyl (C=O) groups excluding carboxylic acids is 1. The van der Waals surface area contributed by atoms with Crippen molar-refractivity contribution in [3.8, 4) is 16.9 Å². The first-order valence-electron chi connectivity index (χ1n) is 11.3. The van der Waals surface area contributed by atoms with Gasteiger partial charge in [0.25, 0.3) is 5.91 Å². The molecule has 1 heterocycles. The molecule has 36 heavy (non-hydrogen) atoms. The minimum absolute atomic E-state index is 0.0114. The van der Waals surface area contributed by atoms with Crippen LogP contribution in [0.3, 0.4) is 0 Å². The molecule has 3 rings (SSSR count). The van der Waals surface area contributed by atoms with Gasteiger partial charge in [-0.15, -0.1) is 11.3 Å². The van der Waals surface area contributed by atoms with Crippen molar-refractivity contribution in [1.82, 2.24) is 5.32 Å². The molecule has 0 aliphatic carbocycles. The molecule has 2 N–H and O–H groups in total. The number of benzene rings is 2. The van der Waals surface area contributed by atoms with Gasteiger partial charge in [-0.2, -0.15) is 13.2 Å². The number of carbonyl (C=O) groups is 1. The van der Waals surface area contributed by atoms with Crippen LogP contribution in [0.2, 0.25) is 5.02 Å². The summed E-state index contributed by atoms with van der Waals surface area (Å²) in [4.78, 5) is 13.6. The highest BCUT2D eigenvalue weighted by molar-refractivity contribution is 7.14. The maximum absolute atomic E-state index is 12.9. The van der Waals surface area contributed by atoms with E-state index in [1.54, 1.807) is 6.07 Å². The van der Waals surface area contributed by atoms with E-state index in [9.17, 15) is 23.1 Å². The van der Waals surface area contributed by atoms with Crippen LogP contribution in [0, 0.1) is 13.8 Å². The normalized spacial score (nSPS) is 12.3. The van der Waals surface area contributed by atoms with Gasteiger partial charge in [0.05, 0.1) is 16.3 Å². The quantitative estimate of drug-likeness (QED) is 0.269. The van der Waals surface area contributed by atoms with Crippen molar-refractivity contribution in [1.29, 1.82) is 0 Å². The molecule has 2 aromatic carbocycles. The van der Waals surface area contributed by atoms with E-state index >= 15 is 0 Å². The third-order valence-corrected chi connectivity index (χ3v) is 7.22. The van der Waals surface area contributed by atoms with Crippen LogP contribution in [0.1, 0.15) is 57.1 Å². The van der Waals surface area contributed by atoms with Gasteiger partial charge in [0.1, 0.15) is 16.7 Å². The van der Waals surface area contributed by atoms with Crippen molar-refractivity contribution in [2.24, 2.45) is 0 Å². The summed E-state index contributed by atoms with van der Waals surface area (Å²) in [5, 5.41) is 12.2. The Labute approximate surface area is 217 Å². The number of aryl methyl sites for hydroxylation is 2. The van der Waals surface area contributed by atoms with E-state index in [1.807, 2.05) is 32.9 Å². The average Bonchev–Trinajstić information content (AvgIpc) is 3.18. The number of aliphatic hydroxyl groups is 1. The fraction of sp³-hybridized carbons (Fsp3) is 0.296. The third kappa shape index (κ3) is 6.62. The van der Waals surface area contributed by atoms with E-state index in [4.69, 9.17) is 16.3 Å². The fourth-order valence-electron chi connectivity index (χ4n) is 3.88. The van der Waals surface area contributed by atoms with E-state index < -0.39 is 11.7 Å². The Bertz CT molecular complexity index is 1230. The molecule has 192 valence electrons. The van der Waals surface area contributed by atoms with Crippen molar-refractivity contribution < 1.29 is 27.8 Å². The number of rotatable bonds is 9. The Morgan fingerprint density at radius 1 is 1.17 bits per heavy atom. The van der Waals surface area contributed by atoms with Crippen molar-refractivity contribution in [3.05, 3.63) is 86.3 Å². The van der Waals surface area contributed by atoms with Crippen LogP contribution in [0.25, 0.3) is 11.1 Å². The molecule has 3 aromatic rings. The van der Waals surface area contributed by atoms with E-state index in [0.29, 0.717) is 27.6 Å². The molecule has 4 nitrogen and oxygen atoms in total. The summed E-state index contributed by atoms with van der Waals surface area (Å²) in [6.45, 7) is 9.37. The number of amides is 1. The van der Waals surface area contributed by atoms with E-state index in [2.05, 4.69) is 11.9 Å². The zero-order valence-corrected chi connectivity index (χ0v) is 21.7. The predicted octanol–water partition coefficient (Wildman–Crippen LogP) is 8.43. The molecule has 0 spiro atoms. The number of hydrogen-bond acceptors (Lipinski definition) is 4. The Balaban J connectivity index is 1.80. The lowest BCUT2D eigenvalue weighted by Crippen LogP contribution is -2.24. The minimum atomic E-state index is -4.38. The Hall–Kier alpha value is -2.97. The van der Waals surface area contributed by atoms with Gasteiger partial charge in [-0.3, -0.25) is 4.79 Å². The van der Waals surface area contributed by atoms with Gasteiger partial charge in [0.15, 0.2) is 0 Å². The maximum atomic E-state index is 12.9. The summed E-state index contributed by atoms with van der Waals surface area (Å²) in [7, 11) is 0. The second-order valence-electron chi connectivity index (χ2n) is 8.42. The lowest BCUT2D eigenvalue weighted by molar-refractivity contribution is -0.137. The monoisotopic (exact) mass is 537 g/mol. The highest BCUT2D eigenvalue weighted by Crippen LogP contribution is 2.38. The zero-order chi connectivity index (χ0) is 26.6. The van der Waals surface area contributed by atoms with E-state index in [-0.39, 0.29) is 30.7 Å². The molecule has 0 bridgehead atoms. The Morgan fingerprint density at radius 3 is 2.31 bits per heavy atom. The van der Waals surface area contributed by atoms with Crippen molar-refractivity contribution in [2.45, 2.75) is 45.9 Å². The summed E-state index contributed by atoms with van der Waals surface area (Å²) in [6.07, 6.45) is -3.85. The van der Waals surface area contributed by atoms with Crippen LogP contribution < -0.4 is 10.1 Å². The molecular weight excluding hydrogens is 511 g/mol. The molecule has 0 saturated carbocycles. The number of ether oxygens (including phenoxy) is 1. The van der Waals surface area contributed by atoms with Gasteiger partial charge in [0, 0.05) is 17.8 Å². The molecule has 1 amide bonds. The summed E-state index contributed by atoms with van der Waals surface area (Å²) >= 11 is 7.56. The minimum Gasteiger partial charge on any atom is -0.513 e. The zero-order valence-electron chi connectivity index (χ0n) is 20.1. The summed E-state index contributed by atoms with van der Waals surface area (Å²) in [5.41, 5.74) is 2.60. The van der Waals surface area contributed by atoms with Gasteiger partial charge in [-0.05, 0) is 72.9 Å². The largest absolute Gasteiger partial charge is 0.513 e. The standard InChI is InChI=1S/C27H27ClF3NO3S/c1-5-22(23-14-21(28)25(36-23)26(34)32-11-10-17(4)33)35-20-12-15(2)24(16(3)13-20)18-6-8-19(9-7-18)27(29,30)31/h6-9,12-14,22,33H,4-5,10-11H2,1-3H3,(H,32,34). The van der Waals surface area contributed by atoms with Gasteiger partial charge in [-0.1, -0.05) is 37.2 Å². The SMILES string of the molecule is C=C(O)CCNC(=O)c1sc(C(CC)Oc2cc(C)c(-c3ccc(C(F)(F)F)cc3)c(C)c2)cc1Cl. The molecule has 0 radical (unpaired) electrons. The van der Waals surface area contributed by atoms with Crippen molar-refractivity contribution >= 4 is 28.8 Å². The number of aliphatic hydroxyl groups excluding tert-OH is 1. The first-order valence-corrected chi connectivity index (χ1v) is 12.5. The van der Waals surface area contributed by atoms with Gasteiger partial charge >= 0.3 is 6.18 Å². The molecule has 9 heteroatoms. The van der Waals surface area contributed by atoms with Crippen LogP contribution in [0.4, 0.5) is 13.2 Å². The Kier molecular flexibility index (Phi) is 8.74. The smallest absolute Gasteiger partial charge is 0.416 e. The average molecular weight is 538 g/mol. The highest BCUT2D eigenvalue weighted by Gasteiger charge is 2.30. The van der Waals surface area contributed by atoms with Gasteiger partial charge in [0.2, 0.25) is 0 Å². The molecule has 0 saturated heterocycles. The number of thiophene rings is 1. The number of halogens is 4. The van der Waals surface area contributed by atoms with Crippen LogP contribution in [-0.4, -0.2) is 17.6 Å². The number of nitrogens with one attached hydrogen (secondary N) is 1. The van der Waals surface area contributed by atoms with Gasteiger partial charge in [-0.25, -0.2) is 0 Å². The second kappa shape index (κ2) is 11.4. The van der Waals surface area contributed by atoms with Crippen molar-refractivity contribution in [3.63, 3.8) is 0 Å². The fourth-order valence-corrected chi connectivity index (χ4v) is 5.34. The first-order chi connectivity index (χ1) is 16.9. The van der Waals surface area contributed by atoms with E-state index in [1.165, 1.54) is 23.5 Å². The van der Waals surface area contributed by atoms with Crippen LogP contribution in [-0.2, 0) is 6.18 Å². The van der Waals surface area contributed by atoms with Crippen LogP contribution >= 0.6 is 22.9 Å². The number of hydrogen-bond donors (Lipinski definition) is 2. The van der Waals surface area contributed by atoms with Crippen molar-refractivity contribution in [2.75, 3.05) is 6.54 Å². The molecule has 1 aromatic heterocycles. The highest BCUT2D eigenvalue weighted by atomic mass is 35.5. The molecule has 1 atom stereocenters. The summed E-state index contributed by atoms with van der Waals surface area (Å²) in [5.74, 6) is 0.270. The Morgan fingerprint density at radius 2 is 1.78 bits per heavy atom. The predicted molar refractivity (Wildman–Crippen MR) is 138 cm³/mol. The first kappa shape index (κ1) is 27.6. The topological polar surface area (TPSA) is 58.6 Å². The lowest BCUT2D eigenvalue weighted by Gasteiger charge is -2.19. The lowest BCUT2D eigenvalue weighted by atomic mass is 9.94. The molecular formula is C27H27ClF3NO3S. The van der Waals surface area contributed by atoms with Crippen LogP contribution in [0.5, 0.6) is 5.75 Å². The van der Waals surface area contributed by atoms with Gasteiger partial charge < -0.3 is 15.2 Å². The maximum Gasteiger partial charge on any atom is 0.416 e. The molecule has 0 fully saturated rings. The summed E-state index contributed by atoms with van der Waals surface area (Å²) < 4.78 is 45.0. The number of alkyl halides is 3. The summed E-state index contributed by atoms with van der Waals surface area (Å²) in [6, 6.07) is 10.5. The van der Waals surface area contributed by atoms with E-state index in [0.717, 1.165) is 33.7 Å². The molecule has 0 aliphatic rings. The molecule has 0 aliphatic heterocycles.